The normalized spacial score (nSPS) is 12.1. The number of ether oxygens (including phenoxy) is 5. The summed E-state index contributed by atoms with van der Waals surface area (Å²) in [5, 5.41) is 50.8. The summed E-state index contributed by atoms with van der Waals surface area (Å²) < 4.78 is 24.3. The number of carboxylic acid groups (broad SMARTS) is 4. The average Bonchev–Trinajstić information content (AvgIpc) is 3.41. The van der Waals surface area contributed by atoms with Gasteiger partial charge >= 0.3 is 66.0 Å². The van der Waals surface area contributed by atoms with E-state index < -0.39 is 77.8 Å². The van der Waals surface area contributed by atoms with E-state index in [-0.39, 0.29) is 64.1 Å². The molecule has 0 unspecified atom stereocenters. The average molecular weight is 1330 g/mol. The van der Waals surface area contributed by atoms with Crippen molar-refractivity contribution >= 4 is 109 Å². The van der Waals surface area contributed by atoms with E-state index in [9.17, 15) is 38.4 Å². The molecule has 0 saturated carbocycles. The molecule has 88 heavy (non-hydrogen) atoms. The van der Waals surface area contributed by atoms with Crippen molar-refractivity contribution in [1.82, 2.24) is 21.3 Å². The minimum atomic E-state index is -2.08. The molecule has 0 aliphatic rings. The van der Waals surface area contributed by atoms with Crippen LogP contribution in [-0.2, 0) is 56.1 Å². The van der Waals surface area contributed by atoms with Gasteiger partial charge in [-0.15, -0.1) is 0 Å². The Balaban J connectivity index is -0.00000126. The SMILES string of the molecule is CC(C)(C)OC(=O)OC(=O)OC(C)(C)C.CC(C)(C)SSC[C@H](NC(=O)OCc1ccc(N=[N+]=[N-])cc1)C(=O)NCCCC[C@H](N)C(=O)O.C[C@@H](CCCCNC(=O)[C@H](CSSC(C)(C)C)NC(=O)OCc1ccc(N=[N+]=[N-])cc1)C(=O)O.O=C([O-])O.[Na+]. The Morgan fingerprint density at radius 1 is 0.591 bits per heavy atom. The summed E-state index contributed by atoms with van der Waals surface area (Å²) in [4.78, 5) is 107. The Labute approximate surface area is 551 Å². The first-order valence-electron chi connectivity index (χ1n) is 26.8. The van der Waals surface area contributed by atoms with Crippen LogP contribution in [0, 0.1) is 5.92 Å². The van der Waals surface area contributed by atoms with Crippen LogP contribution in [0.25, 0.3) is 20.9 Å². The van der Waals surface area contributed by atoms with Crippen LogP contribution in [0.5, 0.6) is 0 Å². The zero-order valence-electron chi connectivity index (χ0n) is 52.3. The van der Waals surface area contributed by atoms with E-state index in [1.54, 1.807) is 119 Å². The minimum absolute atomic E-state index is 0. The molecule has 488 valence electrons. The smallest absolute Gasteiger partial charge is 0.565 e. The van der Waals surface area contributed by atoms with E-state index in [1.165, 1.54) is 21.6 Å². The van der Waals surface area contributed by atoms with Gasteiger partial charge in [-0.05, 0) is 95.8 Å². The van der Waals surface area contributed by atoms with Crippen molar-refractivity contribution in [2.45, 2.75) is 181 Å². The second kappa shape index (κ2) is 46.0. The Morgan fingerprint density at radius 3 is 1.23 bits per heavy atom. The van der Waals surface area contributed by atoms with Crippen LogP contribution in [0.3, 0.4) is 0 Å². The molecule has 0 spiro atoms. The molecule has 0 aromatic heterocycles. The number of nitrogens with two attached hydrogens (primary N) is 1. The van der Waals surface area contributed by atoms with Crippen molar-refractivity contribution in [3.8, 4) is 0 Å². The molecule has 4 amide bonds. The van der Waals surface area contributed by atoms with Gasteiger partial charge in [-0.1, -0.05) is 157 Å². The predicted molar refractivity (Wildman–Crippen MR) is 332 cm³/mol. The number of amides is 4. The zero-order chi connectivity index (χ0) is 67.0. The van der Waals surface area contributed by atoms with Crippen molar-refractivity contribution in [2.24, 2.45) is 21.9 Å². The third-order valence-electron chi connectivity index (χ3n) is 9.53. The van der Waals surface area contributed by atoms with E-state index in [0.717, 1.165) is 0 Å². The molecule has 0 bridgehead atoms. The van der Waals surface area contributed by atoms with E-state index in [4.69, 9.17) is 61.0 Å². The second-order valence-electron chi connectivity index (χ2n) is 22.3. The number of rotatable bonds is 28. The molecule has 0 aliphatic heterocycles. The number of aliphatic carboxylic acids is 2. The summed E-state index contributed by atoms with van der Waals surface area (Å²) in [6, 6.07) is 10.7. The summed E-state index contributed by atoms with van der Waals surface area (Å²) in [5.41, 5.74) is 23.3. The second-order valence-corrected chi connectivity index (χ2v) is 28.6. The van der Waals surface area contributed by atoms with Crippen LogP contribution in [0.2, 0.25) is 0 Å². The number of hydrogen-bond acceptors (Lipinski definition) is 22. The van der Waals surface area contributed by atoms with E-state index in [0.29, 0.717) is 85.6 Å². The monoisotopic (exact) mass is 1330 g/mol. The van der Waals surface area contributed by atoms with Crippen molar-refractivity contribution in [3.63, 3.8) is 0 Å². The molecule has 0 radical (unpaired) electrons. The van der Waals surface area contributed by atoms with Crippen LogP contribution in [0.1, 0.15) is 140 Å². The summed E-state index contributed by atoms with van der Waals surface area (Å²) in [6.45, 7) is 24.7. The van der Waals surface area contributed by atoms with Gasteiger partial charge in [0.1, 0.15) is 42.5 Å². The van der Waals surface area contributed by atoms with Gasteiger partial charge in [0.25, 0.3) is 0 Å². The van der Waals surface area contributed by atoms with Gasteiger partial charge in [0.2, 0.25) is 18.0 Å². The van der Waals surface area contributed by atoms with Crippen LogP contribution in [0.4, 0.5) is 35.3 Å². The predicted octanol–water partition coefficient (Wildman–Crippen LogP) is 8.28. The standard InChI is InChI=1S/C22H33N5O5S2.C21H32N6O5S2.C10H18O5.CH2O3.Na/c1-15(20(29)30)7-5-6-12-24-19(28)18(14-33-34-22(2,3)4)25-21(31)32-13-16-8-10-17(11-9-16)26-27-23;1-21(2,3)34-33-13-17(18(28)24-11-5-4-6-16(22)19(29)30)25-20(31)32-12-14-7-9-15(10-8-14)26-27-23;1-9(2,3)14-7(11)13-8(12)15-10(4,5)6;2-1(3)4;/h8-11,15,18H,5-7,12-14H2,1-4H3,(H,24,28)(H,25,31)(H,29,30);7-10,16-17H,4-6,11-13,22H2,1-3H3,(H,24,28)(H,25,31)(H,29,30);1-6H3;(H2,2,3,4);/q;;;;+1/p-1/t15-,18-;16-,17-;;;/m00.../s1. The topological polar surface area (TPSA) is 455 Å². The first-order chi connectivity index (χ1) is 40.3. The fourth-order valence-corrected chi connectivity index (χ4v) is 10.5. The first-order valence-corrected chi connectivity index (χ1v) is 31.5. The molecule has 0 saturated heterocycles. The molecule has 34 heteroatoms. The molecule has 9 N–H and O–H groups in total. The maximum atomic E-state index is 12.7. The van der Waals surface area contributed by atoms with E-state index >= 15 is 0 Å². The fourth-order valence-electron chi connectivity index (χ4n) is 5.60. The van der Waals surface area contributed by atoms with Gasteiger partial charge in [-0.3, -0.25) is 19.2 Å². The van der Waals surface area contributed by atoms with Crippen molar-refractivity contribution in [2.75, 3.05) is 24.6 Å². The molecule has 0 aliphatic carbocycles. The largest absolute Gasteiger partial charge is 1.00 e. The number of nitrogens with one attached hydrogen (secondary N) is 4. The van der Waals surface area contributed by atoms with Crippen LogP contribution >= 0.6 is 43.2 Å². The zero-order valence-corrected chi connectivity index (χ0v) is 57.5. The van der Waals surface area contributed by atoms with Gasteiger partial charge in [0, 0.05) is 55.3 Å². The number of benzene rings is 2. The molecule has 2 aromatic rings. The Morgan fingerprint density at radius 2 is 0.932 bits per heavy atom. The number of alkyl carbamates (subject to hydrolysis) is 2. The van der Waals surface area contributed by atoms with Crippen molar-refractivity contribution in [1.29, 1.82) is 0 Å². The van der Waals surface area contributed by atoms with Crippen LogP contribution in [0.15, 0.2) is 58.8 Å². The van der Waals surface area contributed by atoms with Crippen LogP contribution < -0.4 is 61.7 Å². The van der Waals surface area contributed by atoms with Gasteiger partial charge in [0.15, 0.2) is 0 Å². The number of carbonyl (C=O) groups excluding carboxylic acids is 6. The van der Waals surface area contributed by atoms with Gasteiger partial charge in [0.05, 0.1) is 5.92 Å². The molecule has 2 aromatic carbocycles. The Kier molecular flexibility index (Phi) is 45.0. The summed E-state index contributed by atoms with van der Waals surface area (Å²) >= 11 is 0. The van der Waals surface area contributed by atoms with Gasteiger partial charge < -0.3 is 75.9 Å². The number of nitrogens with zero attached hydrogens (tertiary/aromatic N) is 6. The third-order valence-corrected chi connectivity index (χ3v) is 16.2. The molecular weight excluding hydrogens is 1240 g/mol. The minimum Gasteiger partial charge on any atom is -0.565 e. The van der Waals surface area contributed by atoms with Gasteiger partial charge in [-0.2, -0.15) is 0 Å². The van der Waals surface area contributed by atoms with Crippen molar-refractivity contribution < 1.29 is 117 Å². The van der Waals surface area contributed by atoms with Crippen LogP contribution in [-0.4, -0.2) is 133 Å². The molecular formula is C54H84N11NaO18S4. The summed E-state index contributed by atoms with van der Waals surface area (Å²) in [6.07, 6.45) is -2.32. The summed E-state index contributed by atoms with van der Waals surface area (Å²) in [5.74, 6) is -2.25. The number of unbranched alkanes of at least 4 members (excludes halogenated alkanes) is 2. The molecule has 4 atom stereocenters. The summed E-state index contributed by atoms with van der Waals surface area (Å²) in [7, 11) is 6.18. The molecule has 0 fully saturated rings. The number of azide groups is 2. The maximum absolute atomic E-state index is 12.7. The molecule has 2 rings (SSSR count). The first kappa shape index (κ1) is 86.1. The Bertz CT molecular complexity index is 2400. The van der Waals surface area contributed by atoms with Gasteiger partial charge in [-0.25, -0.2) is 19.2 Å². The quantitative estimate of drug-likeness (QED) is 0.00457. The molecule has 0 heterocycles. The van der Waals surface area contributed by atoms with E-state index in [2.05, 4.69) is 87.6 Å². The van der Waals surface area contributed by atoms with Crippen molar-refractivity contribution in [3.05, 3.63) is 80.5 Å². The Hall–Kier alpha value is -6.15. The third kappa shape index (κ3) is 51.9. The molecule has 29 nitrogen and oxygen atoms in total. The number of hydrogen-bond donors (Lipinski definition) is 8. The number of carboxylic acids is 2. The maximum Gasteiger partial charge on any atom is 1.00 e. The fraction of sp³-hybridized carbons (Fsp3) is 0.611. The number of carbonyl (C=O) groups is 9. The van der Waals surface area contributed by atoms with E-state index in [1.807, 2.05) is 0 Å².